The summed E-state index contributed by atoms with van der Waals surface area (Å²) in [5.74, 6) is 1.42. The molecule has 0 aliphatic carbocycles. The highest BCUT2D eigenvalue weighted by Crippen LogP contribution is 2.28. The first kappa shape index (κ1) is 23.3. The first-order chi connectivity index (χ1) is 17.5. The van der Waals surface area contributed by atoms with Crippen LogP contribution in [0.4, 0.5) is 11.6 Å². The monoisotopic (exact) mass is 481 g/mol. The number of hydrogen-bond acceptors (Lipinski definition) is 7. The van der Waals surface area contributed by atoms with Crippen molar-refractivity contribution in [3.05, 3.63) is 72.3 Å². The highest BCUT2D eigenvalue weighted by Gasteiger charge is 2.23. The van der Waals surface area contributed by atoms with Gasteiger partial charge < -0.3 is 10.6 Å². The van der Waals surface area contributed by atoms with Gasteiger partial charge in [0.1, 0.15) is 18.0 Å². The molecule has 182 valence electrons. The number of nitrogens with one attached hydrogen (secondary N) is 2. The summed E-state index contributed by atoms with van der Waals surface area (Å²) in [6, 6.07) is 13.3. The summed E-state index contributed by atoms with van der Waals surface area (Å²) in [6.07, 6.45) is 6.31. The number of pyridine rings is 2. The van der Waals surface area contributed by atoms with Crippen molar-refractivity contribution in [2.24, 2.45) is 0 Å². The number of anilines is 2. The van der Waals surface area contributed by atoms with Gasteiger partial charge in [0.25, 0.3) is 5.91 Å². The van der Waals surface area contributed by atoms with E-state index < -0.39 is 0 Å². The Bertz CT molecular complexity index is 1440. The molecule has 0 bridgehead atoms. The lowest BCUT2D eigenvalue weighted by Gasteiger charge is -2.17. The molecule has 4 heterocycles. The van der Waals surface area contributed by atoms with Gasteiger partial charge in [0.05, 0.1) is 16.8 Å². The Kier molecular flexibility index (Phi) is 6.53. The quantitative estimate of drug-likeness (QED) is 0.413. The van der Waals surface area contributed by atoms with Gasteiger partial charge in [0.15, 0.2) is 0 Å². The van der Waals surface area contributed by atoms with E-state index in [1.807, 2.05) is 36.4 Å². The van der Waals surface area contributed by atoms with E-state index in [4.69, 9.17) is 0 Å². The Morgan fingerprint density at radius 3 is 2.75 bits per heavy atom. The molecule has 3 aromatic heterocycles. The molecule has 4 aromatic rings. The van der Waals surface area contributed by atoms with E-state index in [9.17, 15) is 9.59 Å². The molecule has 1 aromatic carbocycles. The molecule has 0 spiro atoms. The van der Waals surface area contributed by atoms with Gasteiger partial charge in [-0.15, -0.1) is 0 Å². The summed E-state index contributed by atoms with van der Waals surface area (Å²) in [6.45, 7) is 3.42. The van der Waals surface area contributed by atoms with E-state index in [0.717, 1.165) is 34.1 Å². The molecule has 0 saturated carbocycles. The summed E-state index contributed by atoms with van der Waals surface area (Å²) < 4.78 is 0. The summed E-state index contributed by atoms with van der Waals surface area (Å²) in [5, 5.41) is 6.93. The van der Waals surface area contributed by atoms with Crippen LogP contribution < -0.4 is 15.5 Å². The van der Waals surface area contributed by atoms with Crippen LogP contribution in [-0.2, 0) is 4.79 Å². The van der Waals surface area contributed by atoms with Crippen LogP contribution in [0.2, 0.25) is 0 Å². The minimum absolute atomic E-state index is 0.101. The van der Waals surface area contributed by atoms with E-state index in [-0.39, 0.29) is 17.7 Å². The van der Waals surface area contributed by atoms with E-state index in [2.05, 4.69) is 37.5 Å². The van der Waals surface area contributed by atoms with Crippen molar-refractivity contribution < 1.29 is 9.59 Å². The lowest BCUT2D eigenvalue weighted by Crippen LogP contribution is -2.24. The molecule has 0 radical (unpaired) electrons. The highest BCUT2D eigenvalue weighted by molar-refractivity contribution is 6.06. The van der Waals surface area contributed by atoms with Crippen LogP contribution >= 0.6 is 0 Å². The second-order valence-corrected chi connectivity index (χ2v) is 8.80. The first-order valence-corrected chi connectivity index (χ1v) is 12.0. The second kappa shape index (κ2) is 10.1. The number of benzene rings is 1. The third kappa shape index (κ3) is 4.59. The van der Waals surface area contributed by atoms with Crippen molar-refractivity contribution in [2.45, 2.75) is 25.7 Å². The Labute approximate surface area is 209 Å². The van der Waals surface area contributed by atoms with Gasteiger partial charge in [-0.25, -0.2) is 15.0 Å². The molecule has 1 aliphatic rings. The van der Waals surface area contributed by atoms with Gasteiger partial charge in [-0.1, -0.05) is 25.1 Å². The van der Waals surface area contributed by atoms with E-state index in [1.165, 1.54) is 6.33 Å². The summed E-state index contributed by atoms with van der Waals surface area (Å²) in [4.78, 5) is 43.9. The third-order valence-corrected chi connectivity index (χ3v) is 6.45. The zero-order valence-corrected chi connectivity index (χ0v) is 20.2. The van der Waals surface area contributed by atoms with Crippen LogP contribution in [-0.4, -0.2) is 51.9 Å². The topological polar surface area (TPSA) is 113 Å². The van der Waals surface area contributed by atoms with Gasteiger partial charge >= 0.3 is 0 Å². The molecule has 36 heavy (non-hydrogen) atoms. The predicted molar refractivity (Wildman–Crippen MR) is 139 cm³/mol. The Balaban J connectivity index is 1.34. The van der Waals surface area contributed by atoms with Crippen LogP contribution in [0, 0.1) is 0 Å². The third-order valence-electron chi connectivity index (χ3n) is 6.45. The van der Waals surface area contributed by atoms with Crippen molar-refractivity contribution in [1.29, 1.82) is 0 Å². The second-order valence-electron chi connectivity index (χ2n) is 8.80. The van der Waals surface area contributed by atoms with Crippen molar-refractivity contribution >= 4 is 34.4 Å². The summed E-state index contributed by atoms with van der Waals surface area (Å²) in [5.41, 5.74) is 4.10. The van der Waals surface area contributed by atoms with Crippen LogP contribution in [0.3, 0.4) is 0 Å². The average molecular weight is 482 g/mol. The van der Waals surface area contributed by atoms with Gasteiger partial charge in [0, 0.05) is 61.9 Å². The lowest BCUT2D eigenvalue weighted by molar-refractivity contribution is -0.117. The van der Waals surface area contributed by atoms with Crippen molar-refractivity contribution in [1.82, 2.24) is 25.3 Å². The molecular weight excluding hydrogens is 454 g/mol. The van der Waals surface area contributed by atoms with Crippen molar-refractivity contribution in [2.75, 3.05) is 30.4 Å². The standard InChI is InChI=1S/C27H27N7O2/c1-17(19-5-3-6-20-21(27(36)28-2)9-11-30-26(19)20)15-31-23-14-22(32-16-33-23)18-8-10-29-24(13-18)34-12-4-7-25(34)35/h3,5-6,8-11,13-14,16-17H,4,7,12,15H2,1-2H3,(H,28,36)(H,31,32,33)/t17-/m1/s1. The van der Waals surface area contributed by atoms with Gasteiger partial charge in [-0.05, 0) is 30.2 Å². The van der Waals surface area contributed by atoms with E-state index in [1.54, 1.807) is 30.4 Å². The maximum absolute atomic E-state index is 12.3. The molecule has 1 fully saturated rings. The van der Waals surface area contributed by atoms with Crippen LogP contribution in [0.1, 0.15) is 41.6 Å². The molecule has 1 saturated heterocycles. The largest absolute Gasteiger partial charge is 0.369 e. The SMILES string of the molecule is CNC(=O)c1ccnc2c([C@H](C)CNc3cc(-c4ccnc(N5CCCC5=O)c4)ncn3)cccc12. The fraction of sp³-hybridized carbons (Fsp3) is 0.259. The first-order valence-electron chi connectivity index (χ1n) is 12.0. The van der Waals surface area contributed by atoms with E-state index >= 15 is 0 Å². The normalized spacial score (nSPS) is 14.2. The number of carbonyl (C=O) groups is 2. The highest BCUT2D eigenvalue weighted by atomic mass is 16.2. The molecular formula is C27H27N7O2. The number of fused-ring (bicyclic) bond motifs is 1. The van der Waals surface area contributed by atoms with Gasteiger partial charge in [-0.3, -0.25) is 19.5 Å². The maximum Gasteiger partial charge on any atom is 0.251 e. The maximum atomic E-state index is 12.3. The summed E-state index contributed by atoms with van der Waals surface area (Å²) >= 11 is 0. The van der Waals surface area contributed by atoms with E-state index in [0.29, 0.717) is 36.7 Å². The zero-order valence-electron chi connectivity index (χ0n) is 20.2. The molecule has 0 unspecified atom stereocenters. The lowest BCUT2D eigenvalue weighted by atomic mass is 9.96. The minimum Gasteiger partial charge on any atom is -0.369 e. The molecule has 2 amide bonds. The number of hydrogen-bond donors (Lipinski definition) is 2. The molecule has 1 atom stereocenters. The van der Waals surface area contributed by atoms with Crippen molar-refractivity contribution in [3.63, 3.8) is 0 Å². The number of nitrogens with zero attached hydrogens (tertiary/aromatic N) is 5. The number of amides is 2. The molecule has 9 heteroatoms. The average Bonchev–Trinajstić information content (AvgIpc) is 3.36. The van der Waals surface area contributed by atoms with Crippen LogP contribution in [0.25, 0.3) is 22.2 Å². The smallest absolute Gasteiger partial charge is 0.251 e. The molecule has 9 nitrogen and oxygen atoms in total. The van der Waals surface area contributed by atoms with Crippen LogP contribution in [0.15, 0.2) is 61.2 Å². The number of para-hydroxylation sites is 1. The number of rotatable bonds is 7. The minimum atomic E-state index is -0.132. The molecule has 2 N–H and O–H groups in total. The van der Waals surface area contributed by atoms with Gasteiger partial charge in [-0.2, -0.15) is 0 Å². The Morgan fingerprint density at radius 2 is 1.94 bits per heavy atom. The zero-order chi connectivity index (χ0) is 25.1. The Hall–Kier alpha value is -4.40. The van der Waals surface area contributed by atoms with Gasteiger partial charge in [0.2, 0.25) is 5.91 Å². The molecule has 5 rings (SSSR count). The predicted octanol–water partition coefficient (Wildman–Crippen LogP) is 3.79. The number of aromatic nitrogens is 4. The fourth-order valence-electron chi connectivity index (χ4n) is 4.52. The van der Waals surface area contributed by atoms with Crippen LogP contribution in [0.5, 0.6) is 0 Å². The number of carbonyl (C=O) groups excluding carboxylic acids is 2. The van der Waals surface area contributed by atoms with Crippen molar-refractivity contribution in [3.8, 4) is 11.3 Å². The fourth-order valence-corrected chi connectivity index (χ4v) is 4.52. The summed E-state index contributed by atoms with van der Waals surface area (Å²) in [7, 11) is 1.62. The Morgan fingerprint density at radius 1 is 1.08 bits per heavy atom. The molecule has 1 aliphatic heterocycles.